The molecule has 0 radical (unpaired) electrons. The minimum atomic E-state index is -0.0868. The first kappa shape index (κ1) is 12.9. The molecular formula is C14H14ClNO2. The Hall–Kier alpha value is -1.58. The molecule has 0 unspecified atom stereocenters. The molecule has 0 fully saturated rings. The average Bonchev–Trinajstić information content (AvgIpc) is 2.37. The Balaban J connectivity index is 2.31. The van der Waals surface area contributed by atoms with Gasteiger partial charge in [0.05, 0.1) is 6.61 Å². The van der Waals surface area contributed by atoms with E-state index in [1.54, 1.807) is 12.3 Å². The lowest BCUT2D eigenvalue weighted by molar-refractivity contribution is 0.281. The lowest BCUT2D eigenvalue weighted by Gasteiger charge is -2.11. The molecular weight excluding hydrogens is 250 g/mol. The Morgan fingerprint density at radius 3 is 2.78 bits per heavy atom. The largest absolute Gasteiger partial charge is 0.437 e. The van der Waals surface area contributed by atoms with E-state index in [1.807, 2.05) is 32.0 Å². The van der Waals surface area contributed by atoms with Crippen molar-refractivity contribution in [3.8, 4) is 11.6 Å². The summed E-state index contributed by atoms with van der Waals surface area (Å²) in [6, 6.07) is 7.47. The Labute approximate surface area is 111 Å². The van der Waals surface area contributed by atoms with E-state index >= 15 is 0 Å². The van der Waals surface area contributed by atoms with Crippen molar-refractivity contribution in [2.45, 2.75) is 20.5 Å². The normalized spacial score (nSPS) is 10.4. The lowest BCUT2D eigenvalue weighted by Crippen LogP contribution is -1.94. The summed E-state index contributed by atoms with van der Waals surface area (Å²) >= 11 is 6.05. The van der Waals surface area contributed by atoms with E-state index in [0.29, 0.717) is 16.5 Å². The third-order valence-corrected chi connectivity index (χ3v) is 3.08. The van der Waals surface area contributed by atoms with Crippen LogP contribution in [0.3, 0.4) is 0 Å². The molecule has 3 nitrogen and oxygen atoms in total. The van der Waals surface area contributed by atoms with Crippen LogP contribution in [0.15, 0.2) is 30.5 Å². The number of aryl methyl sites for hydroxylation is 1. The monoisotopic (exact) mass is 263 g/mol. The van der Waals surface area contributed by atoms with Crippen LogP contribution in [0.25, 0.3) is 0 Å². The Bertz CT molecular complexity index is 570. The highest BCUT2D eigenvalue weighted by molar-refractivity contribution is 6.31. The molecule has 0 atom stereocenters. The molecule has 0 aliphatic carbocycles. The minimum Gasteiger partial charge on any atom is -0.437 e. The summed E-state index contributed by atoms with van der Waals surface area (Å²) in [4.78, 5) is 4.10. The fourth-order valence-corrected chi connectivity index (χ4v) is 1.79. The molecule has 0 saturated carbocycles. The zero-order chi connectivity index (χ0) is 13.1. The van der Waals surface area contributed by atoms with Crippen LogP contribution < -0.4 is 4.74 Å². The van der Waals surface area contributed by atoms with Crippen LogP contribution in [-0.4, -0.2) is 10.1 Å². The fraction of sp³-hybridized carbons (Fsp3) is 0.214. The maximum absolute atomic E-state index is 8.98. The molecule has 2 aromatic rings. The number of ether oxygens (including phenoxy) is 1. The third-order valence-electron chi connectivity index (χ3n) is 2.81. The number of pyridine rings is 1. The van der Waals surface area contributed by atoms with Gasteiger partial charge in [-0.2, -0.15) is 0 Å². The molecule has 0 aliphatic heterocycles. The molecule has 1 aromatic heterocycles. The van der Waals surface area contributed by atoms with Gasteiger partial charge in [0, 0.05) is 6.20 Å². The first-order valence-corrected chi connectivity index (χ1v) is 5.99. The van der Waals surface area contributed by atoms with E-state index in [1.165, 1.54) is 0 Å². The standard InChI is InChI=1S/C14H14ClNO2/c1-9-4-3-5-13(10(9)2)18-14-12(15)6-11(8-17)7-16-14/h3-7,17H,8H2,1-2H3. The molecule has 94 valence electrons. The minimum absolute atomic E-state index is 0.0868. The number of halogens is 1. The van der Waals surface area contributed by atoms with Gasteiger partial charge in [0.15, 0.2) is 0 Å². The molecule has 0 amide bonds. The highest BCUT2D eigenvalue weighted by Gasteiger charge is 2.08. The highest BCUT2D eigenvalue weighted by Crippen LogP contribution is 2.30. The maximum Gasteiger partial charge on any atom is 0.238 e. The van der Waals surface area contributed by atoms with Gasteiger partial charge in [-0.15, -0.1) is 0 Å². The second-order valence-electron chi connectivity index (χ2n) is 4.09. The average molecular weight is 264 g/mol. The molecule has 1 aromatic carbocycles. The van der Waals surface area contributed by atoms with Crippen molar-refractivity contribution >= 4 is 11.6 Å². The van der Waals surface area contributed by atoms with Gasteiger partial charge in [0.2, 0.25) is 5.88 Å². The van der Waals surface area contributed by atoms with Gasteiger partial charge in [0.25, 0.3) is 0 Å². The van der Waals surface area contributed by atoms with E-state index < -0.39 is 0 Å². The molecule has 0 spiro atoms. The summed E-state index contributed by atoms with van der Waals surface area (Å²) in [5.74, 6) is 1.09. The SMILES string of the molecule is Cc1cccc(Oc2ncc(CO)cc2Cl)c1C. The van der Waals surface area contributed by atoms with Crippen molar-refractivity contribution < 1.29 is 9.84 Å². The number of aliphatic hydroxyl groups excluding tert-OH is 1. The summed E-state index contributed by atoms with van der Waals surface area (Å²) in [6.07, 6.45) is 1.55. The van der Waals surface area contributed by atoms with Crippen molar-refractivity contribution in [1.29, 1.82) is 0 Å². The van der Waals surface area contributed by atoms with E-state index in [9.17, 15) is 0 Å². The van der Waals surface area contributed by atoms with E-state index in [2.05, 4.69) is 4.98 Å². The van der Waals surface area contributed by atoms with E-state index in [4.69, 9.17) is 21.4 Å². The maximum atomic E-state index is 8.98. The number of aromatic nitrogens is 1. The summed E-state index contributed by atoms with van der Waals surface area (Å²) in [5.41, 5.74) is 2.87. The molecule has 4 heteroatoms. The van der Waals surface area contributed by atoms with Crippen molar-refractivity contribution in [3.05, 3.63) is 52.2 Å². The zero-order valence-electron chi connectivity index (χ0n) is 10.3. The molecule has 1 N–H and O–H groups in total. The predicted octanol–water partition coefficient (Wildman–Crippen LogP) is 3.64. The molecule has 0 bridgehead atoms. The Morgan fingerprint density at radius 1 is 1.33 bits per heavy atom. The van der Waals surface area contributed by atoms with Crippen molar-refractivity contribution in [3.63, 3.8) is 0 Å². The Kier molecular flexibility index (Phi) is 3.84. The zero-order valence-corrected chi connectivity index (χ0v) is 11.0. The molecule has 0 saturated heterocycles. The van der Waals surface area contributed by atoms with Gasteiger partial charge in [-0.1, -0.05) is 23.7 Å². The molecule has 2 rings (SSSR count). The third kappa shape index (κ3) is 2.63. The van der Waals surface area contributed by atoms with Crippen molar-refractivity contribution in [1.82, 2.24) is 4.98 Å². The number of rotatable bonds is 3. The number of hydrogen-bond donors (Lipinski definition) is 1. The van der Waals surface area contributed by atoms with Crippen LogP contribution >= 0.6 is 11.6 Å². The highest BCUT2D eigenvalue weighted by atomic mass is 35.5. The molecule has 1 heterocycles. The predicted molar refractivity (Wildman–Crippen MR) is 71.2 cm³/mol. The number of hydrogen-bond acceptors (Lipinski definition) is 3. The lowest BCUT2D eigenvalue weighted by atomic mass is 10.1. The smallest absolute Gasteiger partial charge is 0.238 e. The second-order valence-corrected chi connectivity index (χ2v) is 4.50. The van der Waals surface area contributed by atoms with Crippen LogP contribution in [0.5, 0.6) is 11.6 Å². The van der Waals surface area contributed by atoms with Crippen LogP contribution in [-0.2, 0) is 6.61 Å². The van der Waals surface area contributed by atoms with Crippen LogP contribution in [0.1, 0.15) is 16.7 Å². The quantitative estimate of drug-likeness (QED) is 0.919. The van der Waals surface area contributed by atoms with E-state index in [-0.39, 0.29) is 6.61 Å². The number of benzene rings is 1. The Morgan fingerprint density at radius 2 is 2.11 bits per heavy atom. The first-order valence-electron chi connectivity index (χ1n) is 5.61. The van der Waals surface area contributed by atoms with Crippen LogP contribution in [0.4, 0.5) is 0 Å². The van der Waals surface area contributed by atoms with Crippen LogP contribution in [0, 0.1) is 13.8 Å². The number of aliphatic hydroxyl groups is 1. The van der Waals surface area contributed by atoms with Gasteiger partial charge >= 0.3 is 0 Å². The molecule has 18 heavy (non-hydrogen) atoms. The van der Waals surface area contributed by atoms with Crippen LogP contribution in [0.2, 0.25) is 5.02 Å². The second kappa shape index (κ2) is 5.38. The fourth-order valence-electron chi connectivity index (χ4n) is 1.57. The van der Waals surface area contributed by atoms with Crippen molar-refractivity contribution in [2.75, 3.05) is 0 Å². The summed E-state index contributed by atoms with van der Waals surface area (Å²) in [6.45, 7) is 3.92. The summed E-state index contributed by atoms with van der Waals surface area (Å²) < 4.78 is 5.70. The van der Waals surface area contributed by atoms with Crippen molar-refractivity contribution in [2.24, 2.45) is 0 Å². The van der Waals surface area contributed by atoms with Gasteiger partial charge in [-0.3, -0.25) is 0 Å². The van der Waals surface area contributed by atoms with Gasteiger partial charge in [-0.05, 0) is 42.7 Å². The summed E-state index contributed by atoms with van der Waals surface area (Å²) in [5, 5.41) is 9.37. The summed E-state index contributed by atoms with van der Waals surface area (Å²) in [7, 11) is 0. The first-order chi connectivity index (χ1) is 8.61. The molecule has 0 aliphatic rings. The van der Waals surface area contributed by atoms with Gasteiger partial charge < -0.3 is 9.84 Å². The van der Waals surface area contributed by atoms with Gasteiger partial charge in [-0.25, -0.2) is 4.98 Å². The number of nitrogens with zero attached hydrogens (tertiary/aromatic N) is 1. The topological polar surface area (TPSA) is 42.4 Å². The van der Waals surface area contributed by atoms with E-state index in [0.717, 1.165) is 16.9 Å². The van der Waals surface area contributed by atoms with Gasteiger partial charge in [0.1, 0.15) is 10.8 Å².